The summed E-state index contributed by atoms with van der Waals surface area (Å²) in [6, 6.07) is 5.63. The summed E-state index contributed by atoms with van der Waals surface area (Å²) < 4.78 is 37.0. The largest absolute Gasteiger partial charge is 0.466 e. The highest BCUT2D eigenvalue weighted by Gasteiger charge is 2.30. The van der Waals surface area contributed by atoms with Crippen LogP contribution in [0.3, 0.4) is 0 Å². The van der Waals surface area contributed by atoms with Crippen molar-refractivity contribution in [3.8, 4) is 0 Å². The molecule has 0 spiro atoms. The Hall–Kier alpha value is -2.50. The van der Waals surface area contributed by atoms with Crippen LogP contribution in [0.25, 0.3) is 0 Å². The molecular formula is C21H31N3O7S. The Kier molecular flexibility index (Phi) is 9.60. The van der Waals surface area contributed by atoms with Crippen molar-refractivity contribution in [3.05, 3.63) is 29.8 Å². The number of amides is 2. The molecule has 1 N–H and O–H groups in total. The molecule has 1 aliphatic heterocycles. The molecule has 1 aromatic carbocycles. The van der Waals surface area contributed by atoms with Crippen LogP contribution >= 0.6 is 0 Å². The highest BCUT2D eigenvalue weighted by atomic mass is 32.2. The van der Waals surface area contributed by atoms with Gasteiger partial charge < -0.3 is 19.3 Å². The second kappa shape index (κ2) is 11.9. The fourth-order valence-electron chi connectivity index (χ4n) is 3.41. The van der Waals surface area contributed by atoms with Gasteiger partial charge in [0.1, 0.15) is 0 Å². The highest BCUT2D eigenvalue weighted by Crippen LogP contribution is 2.19. The maximum absolute atomic E-state index is 12.8. The van der Waals surface area contributed by atoms with Gasteiger partial charge in [-0.25, -0.2) is 13.1 Å². The first-order valence-corrected chi connectivity index (χ1v) is 12.0. The lowest BCUT2D eigenvalue weighted by Gasteiger charge is -2.32. The lowest BCUT2D eigenvalue weighted by molar-refractivity contribution is -0.151. The number of esters is 1. The molecule has 32 heavy (non-hydrogen) atoms. The topological polar surface area (TPSA) is 122 Å². The number of methoxy groups -OCH3 is 1. The maximum Gasteiger partial charge on any atom is 0.310 e. The van der Waals surface area contributed by atoms with Gasteiger partial charge in [0.25, 0.3) is 5.91 Å². The summed E-state index contributed by atoms with van der Waals surface area (Å²) in [5.74, 6) is -1.43. The number of likely N-dealkylation sites (N-methyl/N-ethyl adjacent to an activating group) is 1. The molecule has 1 atom stereocenters. The van der Waals surface area contributed by atoms with Gasteiger partial charge in [0.15, 0.2) is 0 Å². The smallest absolute Gasteiger partial charge is 0.310 e. The number of benzene rings is 1. The Morgan fingerprint density at radius 3 is 2.72 bits per heavy atom. The predicted molar refractivity (Wildman–Crippen MR) is 116 cm³/mol. The van der Waals surface area contributed by atoms with Gasteiger partial charge in [-0.3, -0.25) is 14.4 Å². The van der Waals surface area contributed by atoms with Crippen molar-refractivity contribution >= 4 is 27.8 Å². The lowest BCUT2D eigenvalue weighted by atomic mass is 9.98. The normalized spacial score (nSPS) is 16.5. The number of ether oxygens (including phenoxy) is 2. The summed E-state index contributed by atoms with van der Waals surface area (Å²) >= 11 is 0. The van der Waals surface area contributed by atoms with Crippen molar-refractivity contribution < 1.29 is 32.3 Å². The monoisotopic (exact) mass is 469 g/mol. The van der Waals surface area contributed by atoms with Crippen LogP contribution in [0.15, 0.2) is 29.2 Å². The third-order valence-corrected chi connectivity index (χ3v) is 6.56. The van der Waals surface area contributed by atoms with Gasteiger partial charge in [-0.15, -0.1) is 0 Å². The number of nitrogens with zero attached hydrogens (tertiary/aromatic N) is 2. The Morgan fingerprint density at radius 1 is 1.28 bits per heavy atom. The Bertz CT molecular complexity index is 920. The fourth-order valence-corrected chi connectivity index (χ4v) is 4.47. The predicted octanol–water partition coefficient (Wildman–Crippen LogP) is 0.485. The molecule has 178 valence electrons. The standard InChI is InChI=1S/C21H31N3O7S/c1-4-31-21(27)17-8-6-11-24(14-17)19(25)15-23(2)20(26)16-7-5-9-18(13-16)32(28,29)22-10-12-30-3/h5,7,9,13,17,22H,4,6,8,10-12,14-15H2,1-3H3. The summed E-state index contributed by atoms with van der Waals surface area (Å²) in [6.07, 6.45) is 1.35. The first kappa shape index (κ1) is 25.8. The van der Waals surface area contributed by atoms with Crippen LogP contribution in [0.2, 0.25) is 0 Å². The van der Waals surface area contributed by atoms with Crippen molar-refractivity contribution in [2.75, 3.05) is 53.6 Å². The van der Waals surface area contributed by atoms with Gasteiger partial charge in [0.2, 0.25) is 15.9 Å². The Labute approximate surface area is 188 Å². The number of piperidine rings is 1. The van der Waals surface area contributed by atoms with Gasteiger partial charge in [-0.1, -0.05) is 6.07 Å². The van der Waals surface area contributed by atoms with Gasteiger partial charge >= 0.3 is 5.97 Å². The third-order valence-electron chi connectivity index (χ3n) is 5.10. The van der Waals surface area contributed by atoms with Crippen LogP contribution in [-0.4, -0.2) is 89.6 Å². The number of carbonyl (C=O) groups is 3. The zero-order chi connectivity index (χ0) is 23.7. The maximum atomic E-state index is 12.8. The number of likely N-dealkylation sites (tertiary alicyclic amines) is 1. The van der Waals surface area contributed by atoms with E-state index in [1.54, 1.807) is 11.8 Å². The van der Waals surface area contributed by atoms with Crippen LogP contribution in [-0.2, 0) is 29.1 Å². The molecule has 11 heteroatoms. The van der Waals surface area contributed by atoms with Crippen LogP contribution < -0.4 is 4.72 Å². The van der Waals surface area contributed by atoms with E-state index in [-0.39, 0.29) is 61.1 Å². The van der Waals surface area contributed by atoms with Crippen molar-refractivity contribution in [2.45, 2.75) is 24.7 Å². The molecule has 0 aliphatic carbocycles. The summed E-state index contributed by atoms with van der Waals surface area (Å²) in [7, 11) is -0.852. The number of sulfonamides is 1. The van der Waals surface area contributed by atoms with E-state index < -0.39 is 15.9 Å². The number of nitrogens with one attached hydrogen (secondary N) is 1. The van der Waals surface area contributed by atoms with Crippen LogP contribution in [0.1, 0.15) is 30.1 Å². The number of hydrogen-bond acceptors (Lipinski definition) is 7. The third kappa shape index (κ3) is 7.01. The SMILES string of the molecule is CCOC(=O)C1CCCN(C(=O)CN(C)C(=O)c2cccc(S(=O)(=O)NCCOC)c2)C1. The summed E-state index contributed by atoms with van der Waals surface area (Å²) in [4.78, 5) is 40.3. The summed E-state index contributed by atoms with van der Waals surface area (Å²) in [5, 5.41) is 0. The van der Waals surface area contributed by atoms with Crippen molar-refractivity contribution in [1.82, 2.24) is 14.5 Å². The molecule has 2 rings (SSSR count). The van der Waals surface area contributed by atoms with Crippen molar-refractivity contribution in [1.29, 1.82) is 0 Å². The summed E-state index contributed by atoms with van der Waals surface area (Å²) in [6.45, 7) is 2.94. The highest BCUT2D eigenvalue weighted by molar-refractivity contribution is 7.89. The Balaban J connectivity index is 2.01. The molecule has 0 radical (unpaired) electrons. The number of carbonyl (C=O) groups excluding carboxylic acids is 3. The Morgan fingerprint density at radius 2 is 2.03 bits per heavy atom. The van der Waals surface area contributed by atoms with Gasteiger partial charge in [-0.2, -0.15) is 0 Å². The van der Waals surface area contributed by atoms with E-state index in [0.29, 0.717) is 19.4 Å². The van der Waals surface area contributed by atoms with E-state index in [1.807, 2.05) is 0 Å². The molecule has 1 aromatic rings. The zero-order valence-corrected chi connectivity index (χ0v) is 19.5. The van der Waals surface area contributed by atoms with Crippen LogP contribution in [0.5, 0.6) is 0 Å². The quantitative estimate of drug-likeness (QED) is 0.391. The second-order valence-corrected chi connectivity index (χ2v) is 9.28. The first-order chi connectivity index (χ1) is 15.2. The first-order valence-electron chi connectivity index (χ1n) is 10.5. The van der Waals surface area contributed by atoms with E-state index >= 15 is 0 Å². The van der Waals surface area contributed by atoms with Gasteiger partial charge in [0.05, 0.1) is 30.6 Å². The van der Waals surface area contributed by atoms with E-state index in [2.05, 4.69) is 4.72 Å². The average Bonchev–Trinajstić information content (AvgIpc) is 2.79. The van der Waals surface area contributed by atoms with E-state index in [1.165, 1.54) is 43.3 Å². The molecule has 0 bridgehead atoms. The van der Waals surface area contributed by atoms with Crippen molar-refractivity contribution in [3.63, 3.8) is 0 Å². The van der Waals surface area contributed by atoms with E-state index in [0.717, 1.165) is 0 Å². The lowest BCUT2D eigenvalue weighted by Crippen LogP contribution is -2.47. The zero-order valence-electron chi connectivity index (χ0n) is 18.7. The molecular weight excluding hydrogens is 438 g/mol. The molecule has 1 unspecified atom stereocenters. The van der Waals surface area contributed by atoms with Crippen molar-refractivity contribution in [2.24, 2.45) is 5.92 Å². The second-order valence-electron chi connectivity index (χ2n) is 7.51. The van der Waals surface area contributed by atoms with E-state index in [9.17, 15) is 22.8 Å². The minimum Gasteiger partial charge on any atom is -0.466 e. The fraction of sp³-hybridized carbons (Fsp3) is 0.571. The molecule has 1 heterocycles. The average molecular weight is 470 g/mol. The molecule has 1 aliphatic rings. The van der Waals surface area contributed by atoms with Crippen LogP contribution in [0.4, 0.5) is 0 Å². The minimum atomic E-state index is -3.79. The molecule has 0 aromatic heterocycles. The van der Waals surface area contributed by atoms with Gasteiger partial charge in [-0.05, 0) is 38.0 Å². The van der Waals surface area contributed by atoms with Gasteiger partial charge in [0, 0.05) is 39.4 Å². The molecule has 1 saturated heterocycles. The molecule has 1 fully saturated rings. The molecule has 2 amide bonds. The summed E-state index contributed by atoms with van der Waals surface area (Å²) in [5.41, 5.74) is 0.151. The molecule has 0 saturated carbocycles. The van der Waals surface area contributed by atoms with E-state index in [4.69, 9.17) is 9.47 Å². The molecule has 10 nitrogen and oxygen atoms in total. The number of rotatable bonds is 10. The van der Waals surface area contributed by atoms with Crippen LogP contribution in [0, 0.1) is 5.92 Å². The number of hydrogen-bond donors (Lipinski definition) is 1. The minimum absolute atomic E-state index is 0.0486.